The lowest BCUT2D eigenvalue weighted by Crippen LogP contribution is -2.32. The van der Waals surface area contributed by atoms with Gasteiger partial charge in [-0.2, -0.15) is 0 Å². The summed E-state index contributed by atoms with van der Waals surface area (Å²) in [6.45, 7) is 8.56. The second-order valence-corrected chi connectivity index (χ2v) is 8.89. The Morgan fingerprint density at radius 1 is 1.21 bits per heavy atom. The van der Waals surface area contributed by atoms with Gasteiger partial charge in [-0.15, -0.1) is 0 Å². The van der Waals surface area contributed by atoms with Crippen LogP contribution in [0.5, 0.6) is 0 Å². The first-order chi connectivity index (χ1) is 13.2. The van der Waals surface area contributed by atoms with Crippen LogP contribution >= 0.6 is 0 Å². The number of carbonyl (C=O) groups excluding carboxylic acids is 2. The number of hydrogen-bond acceptors (Lipinski definition) is 4. The fourth-order valence-corrected chi connectivity index (χ4v) is 3.50. The molecule has 1 aliphatic rings. The van der Waals surface area contributed by atoms with Crippen molar-refractivity contribution in [2.24, 2.45) is 0 Å². The molecule has 0 bridgehead atoms. The van der Waals surface area contributed by atoms with Crippen LogP contribution in [0.3, 0.4) is 0 Å². The topological polar surface area (TPSA) is 66.8 Å². The van der Waals surface area contributed by atoms with Crippen molar-refractivity contribution in [3.05, 3.63) is 12.2 Å². The van der Waals surface area contributed by atoms with E-state index >= 15 is 0 Å². The molecular formula is C23H41NO4. The van der Waals surface area contributed by atoms with Crippen LogP contribution in [0.4, 0.5) is 0 Å². The number of aliphatic hydroxyl groups is 1. The van der Waals surface area contributed by atoms with E-state index in [2.05, 4.69) is 6.92 Å². The van der Waals surface area contributed by atoms with Gasteiger partial charge in [-0.25, -0.2) is 0 Å². The minimum Gasteiger partial charge on any atom is -0.460 e. The molecule has 2 unspecified atom stereocenters. The maximum atomic E-state index is 12.2. The van der Waals surface area contributed by atoms with E-state index in [1.807, 2.05) is 37.8 Å². The lowest BCUT2D eigenvalue weighted by Gasteiger charge is -2.22. The lowest BCUT2D eigenvalue weighted by molar-refractivity contribution is -0.154. The Bertz CT molecular complexity index is 495. The number of carbonyl (C=O) groups is 2. The van der Waals surface area contributed by atoms with Crippen LogP contribution in [-0.2, 0) is 14.3 Å². The zero-order valence-corrected chi connectivity index (χ0v) is 18.4. The van der Waals surface area contributed by atoms with Crippen molar-refractivity contribution < 1.29 is 19.4 Å². The van der Waals surface area contributed by atoms with Gasteiger partial charge in [-0.05, 0) is 46.5 Å². The molecule has 0 aromatic rings. The molecule has 5 nitrogen and oxygen atoms in total. The summed E-state index contributed by atoms with van der Waals surface area (Å²) in [6, 6.07) is 0.120. The summed E-state index contributed by atoms with van der Waals surface area (Å²) in [5.74, 6) is 0.0776. The van der Waals surface area contributed by atoms with Crippen LogP contribution in [0.1, 0.15) is 98.3 Å². The van der Waals surface area contributed by atoms with Crippen LogP contribution in [0.2, 0.25) is 0 Å². The van der Waals surface area contributed by atoms with E-state index in [1.54, 1.807) is 0 Å². The van der Waals surface area contributed by atoms with Crippen molar-refractivity contribution in [3.8, 4) is 0 Å². The minimum absolute atomic E-state index is 0.120. The first kappa shape index (κ1) is 24.7. The summed E-state index contributed by atoms with van der Waals surface area (Å²) in [7, 11) is 0. The Morgan fingerprint density at radius 3 is 2.61 bits per heavy atom. The van der Waals surface area contributed by atoms with E-state index in [0.717, 1.165) is 64.3 Å². The number of hydrogen-bond donors (Lipinski definition) is 1. The molecule has 5 heteroatoms. The molecule has 28 heavy (non-hydrogen) atoms. The molecule has 0 spiro atoms. The molecule has 0 aromatic carbocycles. The number of aliphatic hydroxyl groups excluding tert-OH is 1. The molecule has 1 amide bonds. The van der Waals surface area contributed by atoms with Gasteiger partial charge in [0.1, 0.15) is 5.60 Å². The van der Waals surface area contributed by atoms with Gasteiger partial charge >= 0.3 is 5.97 Å². The quantitative estimate of drug-likeness (QED) is 0.277. The summed E-state index contributed by atoms with van der Waals surface area (Å²) in [5.41, 5.74) is -0.417. The molecule has 1 heterocycles. The Labute approximate surface area is 171 Å². The van der Waals surface area contributed by atoms with Gasteiger partial charge in [0.15, 0.2) is 0 Å². The van der Waals surface area contributed by atoms with Crippen molar-refractivity contribution in [2.75, 3.05) is 6.54 Å². The molecular weight excluding hydrogens is 354 g/mol. The fraction of sp³-hybridized carbons (Fsp3) is 0.826. The van der Waals surface area contributed by atoms with Crippen molar-refractivity contribution in [3.63, 3.8) is 0 Å². The Hall–Kier alpha value is -1.36. The number of likely N-dealkylation sites (tertiary alicyclic amines) is 1. The average Bonchev–Trinajstić information content (AvgIpc) is 2.95. The summed E-state index contributed by atoms with van der Waals surface area (Å²) in [4.78, 5) is 25.8. The molecule has 0 aromatic heterocycles. The number of ether oxygens (including phenoxy) is 1. The third-order valence-electron chi connectivity index (χ3n) is 4.98. The standard InChI is InChI=1S/C23H41NO4/c1-5-6-9-12-20(25)16-14-19-15-17-21(26)24(19)18-11-8-7-10-13-22(27)28-23(2,3)4/h14,16,19-20,25H,5-13,15,17-18H2,1-4H3/b16-14+. The molecule has 1 saturated heterocycles. The largest absolute Gasteiger partial charge is 0.460 e. The summed E-state index contributed by atoms with van der Waals surface area (Å²) in [6.07, 6.45) is 13.3. The highest BCUT2D eigenvalue weighted by Gasteiger charge is 2.28. The number of rotatable bonds is 13. The summed E-state index contributed by atoms with van der Waals surface area (Å²) in [5, 5.41) is 10.0. The highest BCUT2D eigenvalue weighted by Crippen LogP contribution is 2.21. The second kappa shape index (κ2) is 13.0. The Kier molecular flexibility index (Phi) is 11.4. The Morgan fingerprint density at radius 2 is 1.93 bits per heavy atom. The zero-order chi connectivity index (χ0) is 21.0. The molecule has 1 fully saturated rings. The zero-order valence-electron chi connectivity index (χ0n) is 18.4. The molecule has 0 saturated carbocycles. The van der Waals surface area contributed by atoms with Crippen LogP contribution in [0.15, 0.2) is 12.2 Å². The highest BCUT2D eigenvalue weighted by atomic mass is 16.6. The van der Waals surface area contributed by atoms with Crippen molar-refractivity contribution in [2.45, 2.75) is 116 Å². The van der Waals surface area contributed by atoms with Crippen LogP contribution in [0.25, 0.3) is 0 Å². The molecule has 1 N–H and O–H groups in total. The smallest absolute Gasteiger partial charge is 0.306 e. The predicted molar refractivity (Wildman–Crippen MR) is 113 cm³/mol. The number of nitrogens with zero attached hydrogens (tertiary/aromatic N) is 1. The molecule has 0 radical (unpaired) electrons. The fourth-order valence-electron chi connectivity index (χ4n) is 3.50. The average molecular weight is 396 g/mol. The molecule has 1 rings (SSSR count). The minimum atomic E-state index is -0.417. The van der Waals surface area contributed by atoms with Gasteiger partial charge in [0.2, 0.25) is 5.91 Å². The molecule has 162 valence electrons. The van der Waals surface area contributed by atoms with Crippen molar-refractivity contribution in [1.82, 2.24) is 4.90 Å². The van der Waals surface area contributed by atoms with Gasteiger partial charge in [0.25, 0.3) is 0 Å². The van der Waals surface area contributed by atoms with Gasteiger partial charge < -0.3 is 14.7 Å². The van der Waals surface area contributed by atoms with Gasteiger partial charge in [-0.3, -0.25) is 9.59 Å². The number of amides is 1. The van der Waals surface area contributed by atoms with E-state index in [1.165, 1.54) is 0 Å². The van der Waals surface area contributed by atoms with Gasteiger partial charge in [0, 0.05) is 19.4 Å². The van der Waals surface area contributed by atoms with E-state index in [0.29, 0.717) is 12.8 Å². The first-order valence-corrected chi connectivity index (χ1v) is 11.1. The third-order valence-corrected chi connectivity index (χ3v) is 4.98. The number of unbranched alkanes of at least 4 members (excludes halogenated alkanes) is 5. The maximum Gasteiger partial charge on any atom is 0.306 e. The Balaban J connectivity index is 2.24. The predicted octanol–water partition coefficient (Wildman–Crippen LogP) is 4.77. The number of esters is 1. The third kappa shape index (κ3) is 10.8. The lowest BCUT2D eigenvalue weighted by atomic mass is 10.1. The molecule has 2 atom stereocenters. The van der Waals surface area contributed by atoms with Crippen molar-refractivity contribution >= 4 is 11.9 Å². The maximum absolute atomic E-state index is 12.2. The SMILES string of the molecule is CCCCCC(O)/C=C/C1CCC(=O)N1CCCCCCC(=O)OC(C)(C)C. The van der Waals surface area contributed by atoms with Crippen molar-refractivity contribution in [1.29, 1.82) is 0 Å². The molecule has 0 aliphatic carbocycles. The normalized spacial score (nSPS) is 18.8. The van der Waals surface area contributed by atoms with Gasteiger partial charge in [0.05, 0.1) is 12.1 Å². The summed E-state index contributed by atoms with van der Waals surface area (Å²) >= 11 is 0. The van der Waals surface area contributed by atoms with Crippen LogP contribution in [0, 0.1) is 0 Å². The van der Waals surface area contributed by atoms with E-state index < -0.39 is 11.7 Å². The second-order valence-electron chi connectivity index (χ2n) is 8.89. The van der Waals surface area contributed by atoms with E-state index in [4.69, 9.17) is 4.74 Å². The van der Waals surface area contributed by atoms with E-state index in [9.17, 15) is 14.7 Å². The monoisotopic (exact) mass is 395 g/mol. The van der Waals surface area contributed by atoms with Gasteiger partial charge in [-0.1, -0.05) is 51.2 Å². The highest BCUT2D eigenvalue weighted by molar-refractivity contribution is 5.79. The van der Waals surface area contributed by atoms with Crippen LogP contribution in [-0.4, -0.2) is 46.2 Å². The van der Waals surface area contributed by atoms with E-state index in [-0.39, 0.29) is 17.9 Å². The first-order valence-electron chi connectivity index (χ1n) is 11.1. The summed E-state index contributed by atoms with van der Waals surface area (Å²) < 4.78 is 5.31. The van der Waals surface area contributed by atoms with Crippen LogP contribution < -0.4 is 0 Å². The molecule has 1 aliphatic heterocycles.